The standard InChI is InChI=1S/C18H26N2O2/c1-13(2)17-16-6-4-3-5-14(16)7-10-20(17)18(21)19-15-8-11-22-12-9-15/h3-6,13,15,17H,7-12H2,1-2H3,(H,19,21). The van der Waals surface area contributed by atoms with E-state index in [1.165, 1.54) is 11.1 Å². The van der Waals surface area contributed by atoms with E-state index < -0.39 is 0 Å². The predicted octanol–water partition coefficient (Wildman–Crippen LogP) is 3.13. The van der Waals surface area contributed by atoms with E-state index in [-0.39, 0.29) is 18.1 Å². The van der Waals surface area contributed by atoms with Crippen LogP contribution in [0.2, 0.25) is 0 Å². The van der Waals surface area contributed by atoms with Crippen molar-refractivity contribution in [2.45, 2.75) is 45.2 Å². The molecule has 120 valence electrons. The molecule has 0 aliphatic carbocycles. The van der Waals surface area contributed by atoms with Gasteiger partial charge in [0.15, 0.2) is 0 Å². The van der Waals surface area contributed by atoms with Crippen LogP contribution in [-0.2, 0) is 11.2 Å². The van der Waals surface area contributed by atoms with E-state index in [0.717, 1.165) is 39.0 Å². The fourth-order valence-electron chi connectivity index (χ4n) is 3.64. The highest BCUT2D eigenvalue weighted by Gasteiger charge is 2.33. The van der Waals surface area contributed by atoms with E-state index >= 15 is 0 Å². The molecular formula is C18H26N2O2. The Morgan fingerprint density at radius 2 is 2.00 bits per heavy atom. The lowest BCUT2D eigenvalue weighted by molar-refractivity contribution is 0.0755. The lowest BCUT2D eigenvalue weighted by atomic mass is 9.86. The van der Waals surface area contributed by atoms with Crippen molar-refractivity contribution in [1.82, 2.24) is 10.2 Å². The Morgan fingerprint density at radius 1 is 1.27 bits per heavy atom. The summed E-state index contributed by atoms with van der Waals surface area (Å²) in [6.07, 6.45) is 2.78. The van der Waals surface area contributed by atoms with Gasteiger partial charge in [0.25, 0.3) is 0 Å². The van der Waals surface area contributed by atoms with Crippen LogP contribution in [-0.4, -0.2) is 36.7 Å². The molecule has 2 heterocycles. The quantitative estimate of drug-likeness (QED) is 0.912. The molecule has 2 aliphatic rings. The van der Waals surface area contributed by atoms with Gasteiger partial charge in [0, 0.05) is 25.8 Å². The maximum Gasteiger partial charge on any atom is 0.318 e. The van der Waals surface area contributed by atoms with Crippen molar-refractivity contribution in [3.63, 3.8) is 0 Å². The number of nitrogens with zero attached hydrogens (tertiary/aromatic N) is 1. The molecule has 1 fully saturated rings. The summed E-state index contributed by atoms with van der Waals surface area (Å²) in [5, 5.41) is 3.21. The fraction of sp³-hybridized carbons (Fsp3) is 0.611. The minimum atomic E-state index is 0.0834. The zero-order valence-corrected chi connectivity index (χ0v) is 13.5. The van der Waals surface area contributed by atoms with Crippen LogP contribution >= 0.6 is 0 Å². The Kier molecular flexibility index (Phi) is 4.67. The van der Waals surface area contributed by atoms with Crippen molar-refractivity contribution in [3.8, 4) is 0 Å². The van der Waals surface area contributed by atoms with Gasteiger partial charge in [-0.3, -0.25) is 0 Å². The van der Waals surface area contributed by atoms with Gasteiger partial charge in [-0.1, -0.05) is 38.1 Å². The zero-order chi connectivity index (χ0) is 15.5. The van der Waals surface area contributed by atoms with Gasteiger partial charge >= 0.3 is 6.03 Å². The lowest BCUT2D eigenvalue weighted by Crippen LogP contribution is -2.51. The number of nitrogens with one attached hydrogen (secondary N) is 1. The Morgan fingerprint density at radius 3 is 2.73 bits per heavy atom. The van der Waals surface area contributed by atoms with Crippen molar-refractivity contribution in [3.05, 3.63) is 35.4 Å². The number of hydrogen-bond acceptors (Lipinski definition) is 2. The number of rotatable bonds is 2. The van der Waals surface area contributed by atoms with Gasteiger partial charge in [-0.05, 0) is 36.3 Å². The van der Waals surface area contributed by atoms with Crippen LogP contribution < -0.4 is 5.32 Å². The third-order valence-electron chi connectivity index (χ3n) is 4.77. The zero-order valence-electron chi connectivity index (χ0n) is 13.5. The molecule has 2 amide bonds. The summed E-state index contributed by atoms with van der Waals surface area (Å²) >= 11 is 0. The summed E-state index contributed by atoms with van der Waals surface area (Å²) in [4.78, 5) is 14.8. The number of urea groups is 1. The minimum absolute atomic E-state index is 0.0834. The molecule has 1 atom stereocenters. The highest BCUT2D eigenvalue weighted by Crippen LogP contribution is 2.35. The van der Waals surface area contributed by atoms with Crippen LogP contribution in [0.3, 0.4) is 0 Å². The molecule has 1 N–H and O–H groups in total. The molecule has 0 saturated carbocycles. The largest absolute Gasteiger partial charge is 0.381 e. The number of fused-ring (bicyclic) bond motifs is 1. The third-order valence-corrected chi connectivity index (χ3v) is 4.77. The Hall–Kier alpha value is -1.55. The van der Waals surface area contributed by atoms with Gasteiger partial charge in [0.2, 0.25) is 0 Å². The van der Waals surface area contributed by atoms with Crippen molar-refractivity contribution in [2.24, 2.45) is 5.92 Å². The molecule has 3 rings (SSSR count). The van der Waals surface area contributed by atoms with E-state index in [4.69, 9.17) is 4.74 Å². The number of carbonyl (C=O) groups is 1. The van der Waals surface area contributed by atoms with E-state index in [1.807, 2.05) is 4.90 Å². The van der Waals surface area contributed by atoms with Gasteiger partial charge in [-0.25, -0.2) is 4.79 Å². The number of hydrogen-bond donors (Lipinski definition) is 1. The molecule has 4 nitrogen and oxygen atoms in total. The van der Waals surface area contributed by atoms with Crippen LogP contribution in [0.5, 0.6) is 0 Å². The van der Waals surface area contributed by atoms with Gasteiger partial charge in [0.05, 0.1) is 6.04 Å². The second kappa shape index (κ2) is 6.69. The summed E-state index contributed by atoms with van der Waals surface area (Å²) in [6, 6.07) is 9.05. The summed E-state index contributed by atoms with van der Waals surface area (Å²) < 4.78 is 5.37. The van der Waals surface area contributed by atoms with Crippen molar-refractivity contribution in [2.75, 3.05) is 19.8 Å². The van der Waals surface area contributed by atoms with Crippen molar-refractivity contribution in [1.29, 1.82) is 0 Å². The molecule has 0 aromatic heterocycles. The van der Waals surface area contributed by atoms with Crippen LogP contribution in [0.1, 0.15) is 43.9 Å². The van der Waals surface area contributed by atoms with Crippen LogP contribution in [0.4, 0.5) is 4.79 Å². The minimum Gasteiger partial charge on any atom is -0.381 e. The summed E-state index contributed by atoms with van der Waals surface area (Å²) in [5.41, 5.74) is 2.70. The van der Waals surface area contributed by atoms with Gasteiger partial charge in [-0.15, -0.1) is 0 Å². The summed E-state index contributed by atoms with van der Waals surface area (Å²) in [5.74, 6) is 0.405. The normalized spacial score (nSPS) is 22.5. The number of carbonyl (C=O) groups excluding carboxylic acids is 1. The van der Waals surface area contributed by atoms with Gasteiger partial charge in [0.1, 0.15) is 0 Å². The van der Waals surface area contributed by atoms with E-state index in [2.05, 4.69) is 43.4 Å². The predicted molar refractivity (Wildman–Crippen MR) is 86.8 cm³/mol. The average Bonchev–Trinajstić information content (AvgIpc) is 2.54. The van der Waals surface area contributed by atoms with Gasteiger partial charge < -0.3 is 15.0 Å². The van der Waals surface area contributed by atoms with E-state index in [9.17, 15) is 4.79 Å². The molecule has 0 bridgehead atoms. The first kappa shape index (κ1) is 15.3. The molecular weight excluding hydrogens is 276 g/mol. The second-order valence-corrected chi connectivity index (χ2v) is 6.67. The SMILES string of the molecule is CC(C)C1c2ccccc2CCN1C(=O)NC1CCOCC1. The molecule has 0 spiro atoms. The maximum absolute atomic E-state index is 12.8. The summed E-state index contributed by atoms with van der Waals surface area (Å²) in [6.45, 7) is 6.70. The number of ether oxygens (including phenoxy) is 1. The molecule has 2 aliphatic heterocycles. The van der Waals surface area contributed by atoms with Crippen molar-refractivity contribution >= 4 is 6.03 Å². The average molecular weight is 302 g/mol. The van der Waals surface area contributed by atoms with Crippen LogP contribution in [0, 0.1) is 5.92 Å². The fourth-order valence-corrected chi connectivity index (χ4v) is 3.64. The van der Waals surface area contributed by atoms with Crippen LogP contribution in [0.25, 0.3) is 0 Å². The number of amides is 2. The highest BCUT2D eigenvalue weighted by atomic mass is 16.5. The topological polar surface area (TPSA) is 41.6 Å². The van der Waals surface area contributed by atoms with Crippen molar-refractivity contribution < 1.29 is 9.53 Å². The highest BCUT2D eigenvalue weighted by molar-refractivity contribution is 5.75. The Labute approximate surface area is 132 Å². The number of benzene rings is 1. The second-order valence-electron chi connectivity index (χ2n) is 6.67. The first-order valence-electron chi connectivity index (χ1n) is 8.39. The molecule has 4 heteroatoms. The Bertz CT molecular complexity index is 524. The molecule has 1 saturated heterocycles. The monoisotopic (exact) mass is 302 g/mol. The van der Waals surface area contributed by atoms with Gasteiger partial charge in [-0.2, -0.15) is 0 Å². The first-order chi connectivity index (χ1) is 10.7. The third kappa shape index (κ3) is 3.12. The molecule has 22 heavy (non-hydrogen) atoms. The smallest absolute Gasteiger partial charge is 0.318 e. The maximum atomic E-state index is 12.8. The summed E-state index contributed by atoms with van der Waals surface area (Å²) in [7, 11) is 0. The lowest BCUT2D eigenvalue weighted by Gasteiger charge is -2.40. The van der Waals surface area contributed by atoms with Crippen LogP contribution in [0.15, 0.2) is 24.3 Å². The Balaban J connectivity index is 1.76. The van der Waals surface area contributed by atoms with E-state index in [1.54, 1.807) is 0 Å². The molecule has 1 unspecified atom stereocenters. The first-order valence-corrected chi connectivity index (χ1v) is 8.39. The molecule has 1 aromatic rings. The molecule has 0 radical (unpaired) electrons. The van der Waals surface area contributed by atoms with E-state index in [0.29, 0.717) is 5.92 Å². The molecule has 1 aromatic carbocycles.